The summed E-state index contributed by atoms with van der Waals surface area (Å²) in [5.74, 6) is 1.62. The van der Waals surface area contributed by atoms with Crippen molar-refractivity contribution in [3.8, 4) is 84.7 Å². The van der Waals surface area contributed by atoms with E-state index in [1.165, 1.54) is 11.1 Å². The summed E-state index contributed by atoms with van der Waals surface area (Å²) < 4.78 is 0. The molecule has 234 valence electrons. The lowest BCUT2D eigenvalue weighted by atomic mass is 9.90. The molecule has 0 unspecified atom stereocenters. The van der Waals surface area contributed by atoms with E-state index in [2.05, 4.69) is 146 Å². The van der Waals surface area contributed by atoms with Crippen molar-refractivity contribution in [3.05, 3.63) is 188 Å². The SMILES string of the molecule is N#Cc1cccc(-c2nc(-c3ccc(-c4ccc(-c5ccccc5)cc4)cc3)nc(-c3cccc(-c4ccccc4)c3-c3ccccc3)n2)c1. The highest BCUT2D eigenvalue weighted by molar-refractivity contribution is 5.93. The van der Waals surface area contributed by atoms with Crippen molar-refractivity contribution in [2.75, 3.05) is 0 Å². The van der Waals surface area contributed by atoms with E-state index in [4.69, 9.17) is 15.0 Å². The maximum atomic E-state index is 9.67. The van der Waals surface area contributed by atoms with Crippen LogP contribution in [0.25, 0.3) is 78.7 Å². The number of nitriles is 1. The molecule has 7 aromatic carbocycles. The molecule has 8 rings (SSSR count). The van der Waals surface area contributed by atoms with Crippen LogP contribution in [0.4, 0.5) is 0 Å². The third-order valence-electron chi connectivity index (χ3n) is 8.81. The zero-order chi connectivity index (χ0) is 33.7. The molecule has 0 N–H and O–H groups in total. The molecule has 4 nitrogen and oxygen atoms in total. The molecule has 0 aliphatic heterocycles. The van der Waals surface area contributed by atoms with Crippen molar-refractivity contribution in [2.24, 2.45) is 0 Å². The van der Waals surface area contributed by atoms with E-state index in [1.54, 1.807) is 6.07 Å². The lowest BCUT2D eigenvalue weighted by Gasteiger charge is -2.16. The van der Waals surface area contributed by atoms with Crippen molar-refractivity contribution >= 4 is 0 Å². The van der Waals surface area contributed by atoms with Crippen LogP contribution in [0.1, 0.15) is 5.56 Å². The Bertz CT molecular complexity index is 2450. The van der Waals surface area contributed by atoms with Crippen molar-refractivity contribution in [1.82, 2.24) is 15.0 Å². The van der Waals surface area contributed by atoms with Crippen LogP contribution < -0.4 is 0 Å². The first-order chi connectivity index (χ1) is 24.7. The zero-order valence-electron chi connectivity index (χ0n) is 27.1. The van der Waals surface area contributed by atoms with Crippen LogP contribution in [0.2, 0.25) is 0 Å². The Kier molecular flexibility index (Phi) is 8.29. The maximum absolute atomic E-state index is 9.67. The molecule has 0 amide bonds. The second-order valence-electron chi connectivity index (χ2n) is 12.0. The van der Waals surface area contributed by atoms with Crippen LogP contribution in [0, 0.1) is 11.3 Å². The smallest absolute Gasteiger partial charge is 0.164 e. The average molecular weight is 639 g/mol. The lowest BCUT2D eigenvalue weighted by molar-refractivity contribution is 1.07. The minimum absolute atomic E-state index is 0.506. The Labute approximate surface area is 291 Å². The Morgan fingerprint density at radius 2 is 0.740 bits per heavy atom. The summed E-state index contributed by atoms with van der Waals surface area (Å²) in [4.78, 5) is 15.2. The van der Waals surface area contributed by atoms with E-state index < -0.39 is 0 Å². The topological polar surface area (TPSA) is 62.5 Å². The van der Waals surface area contributed by atoms with Gasteiger partial charge in [-0.15, -0.1) is 0 Å². The summed E-state index contributed by atoms with van der Waals surface area (Å²) in [6, 6.07) is 64.1. The first-order valence-corrected chi connectivity index (χ1v) is 16.5. The van der Waals surface area contributed by atoms with Crippen molar-refractivity contribution in [2.45, 2.75) is 0 Å². The molecule has 0 saturated heterocycles. The molecule has 0 saturated carbocycles. The molecule has 0 bridgehead atoms. The van der Waals surface area contributed by atoms with E-state index in [9.17, 15) is 5.26 Å². The predicted molar refractivity (Wildman–Crippen MR) is 203 cm³/mol. The van der Waals surface area contributed by atoms with Gasteiger partial charge >= 0.3 is 0 Å². The van der Waals surface area contributed by atoms with Crippen LogP contribution in [0.15, 0.2) is 182 Å². The van der Waals surface area contributed by atoms with Gasteiger partial charge in [0.05, 0.1) is 11.6 Å². The molecule has 0 radical (unpaired) electrons. The number of hydrogen-bond acceptors (Lipinski definition) is 4. The third kappa shape index (κ3) is 6.20. The van der Waals surface area contributed by atoms with Gasteiger partial charge in [-0.05, 0) is 51.1 Å². The first kappa shape index (κ1) is 30.4. The number of benzene rings is 7. The number of hydrogen-bond donors (Lipinski definition) is 0. The van der Waals surface area contributed by atoms with E-state index in [-0.39, 0.29) is 0 Å². The summed E-state index contributed by atoms with van der Waals surface area (Å²) in [5.41, 5.74) is 12.0. The van der Waals surface area contributed by atoms with Crippen LogP contribution >= 0.6 is 0 Å². The quantitative estimate of drug-likeness (QED) is 0.174. The van der Waals surface area contributed by atoms with Gasteiger partial charge in [0.1, 0.15) is 0 Å². The van der Waals surface area contributed by atoms with Gasteiger partial charge in [-0.25, -0.2) is 15.0 Å². The molecule has 50 heavy (non-hydrogen) atoms. The second kappa shape index (κ2) is 13.6. The molecule has 0 atom stereocenters. The highest BCUT2D eigenvalue weighted by Crippen LogP contribution is 2.40. The Morgan fingerprint density at radius 1 is 0.320 bits per heavy atom. The maximum Gasteiger partial charge on any atom is 0.164 e. The summed E-state index contributed by atoms with van der Waals surface area (Å²) in [6.07, 6.45) is 0. The number of aromatic nitrogens is 3. The fourth-order valence-corrected chi connectivity index (χ4v) is 6.29. The van der Waals surface area contributed by atoms with E-state index in [1.807, 2.05) is 36.4 Å². The lowest BCUT2D eigenvalue weighted by Crippen LogP contribution is -2.02. The molecule has 8 aromatic rings. The molecular formula is C46H30N4. The van der Waals surface area contributed by atoms with Crippen LogP contribution in [0.3, 0.4) is 0 Å². The third-order valence-corrected chi connectivity index (χ3v) is 8.81. The molecule has 0 fully saturated rings. The Hall–Kier alpha value is -6.96. The van der Waals surface area contributed by atoms with Gasteiger partial charge < -0.3 is 0 Å². The van der Waals surface area contributed by atoms with Gasteiger partial charge in [-0.3, -0.25) is 0 Å². The molecule has 0 aliphatic rings. The van der Waals surface area contributed by atoms with Gasteiger partial charge in [-0.1, -0.05) is 170 Å². The fourth-order valence-electron chi connectivity index (χ4n) is 6.29. The van der Waals surface area contributed by atoms with E-state index in [0.717, 1.165) is 50.1 Å². The highest BCUT2D eigenvalue weighted by atomic mass is 15.0. The van der Waals surface area contributed by atoms with Crippen LogP contribution in [0.5, 0.6) is 0 Å². The normalized spacial score (nSPS) is 10.8. The Balaban J connectivity index is 1.26. The predicted octanol–water partition coefficient (Wildman–Crippen LogP) is 11.4. The van der Waals surface area contributed by atoms with Gasteiger partial charge in [0.15, 0.2) is 17.5 Å². The highest BCUT2D eigenvalue weighted by Gasteiger charge is 2.19. The fraction of sp³-hybridized carbons (Fsp3) is 0. The van der Waals surface area contributed by atoms with E-state index >= 15 is 0 Å². The van der Waals surface area contributed by atoms with Crippen molar-refractivity contribution in [3.63, 3.8) is 0 Å². The summed E-state index contributed by atoms with van der Waals surface area (Å²) in [6.45, 7) is 0. The molecule has 1 aromatic heterocycles. The summed E-state index contributed by atoms with van der Waals surface area (Å²) >= 11 is 0. The molecule has 1 heterocycles. The number of nitrogens with zero attached hydrogens (tertiary/aromatic N) is 4. The van der Waals surface area contributed by atoms with Gasteiger partial charge in [0, 0.05) is 22.3 Å². The number of rotatable bonds is 7. The Morgan fingerprint density at radius 3 is 1.32 bits per heavy atom. The minimum atomic E-state index is 0.506. The second-order valence-corrected chi connectivity index (χ2v) is 12.0. The molecule has 0 aliphatic carbocycles. The monoisotopic (exact) mass is 638 g/mol. The van der Waals surface area contributed by atoms with Gasteiger partial charge in [-0.2, -0.15) is 5.26 Å². The van der Waals surface area contributed by atoms with Crippen molar-refractivity contribution in [1.29, 1.82) is 5.26 Å². The largest absolute Gasteiger partial charge is 0.208 e. The standard InChI is InChI=1S/C46H30N4/c47-31-32-12-10-19-40(30-32)45-48-44(39-28-26-36(27-29-39)35-24-22-34(23-25-35)33-13-4-1-5-14-33)49-46(50-45)42-21-11-20-41(37-15-6-2-7-16-37)43(42)38-17-8-3-9-18-38/h1-30H. The van der Waals surface area contributed by atoms with Gasteiger partial charge in [0.25, 0.3) is 0 Å². The first-order valence-electron chi connectivity index (χ1n) is 16.5. The minimum Gasteiger partial charge on any atom is -0.208 e. The van der Waals surface area contributed by atoms with Crippen LogP contribution in [-0.4, -0.2) is 15.0 Å². The summed E-state index contributed by atoms with van der Waals surface area (Å²) in [7, 11) is 0. The molecule has 4 heteroatoms. The zero-order valence-corrected chi connectivity index (χ0v) is 27.1. The van der Waals surface area contributed by atoms with E-state index in [0.29, 0.717) is 23.0 Å². The summed E-state index contributed by atoms with van der Waals surface area (Å²) in [5, 5.41) is 9.67. The average Bonchev–Trinajstić information content (AvgIpc) is 3.21. The molecular weight excluding hydrogens is 609 g/mol. The van der Waals surface area contributed by atoms with Gasteiger partial charge in [0.2, 0.25) is 0 Å². The molecule has 0 spiro atoms. The van der Waals surface area contributed by atoms with Crippen LogP contribution in [-0.2, 0) is 0 Å². The van der Waals surface area contributed by atoms with Crippen molar-refractivity contribution < 1.29 is 0 Å².